The molecule has 0 aliphatic carbocycles. The molecular weight excluding hydrogens is 397 g/mol. The van der Waals surface area contributed by atoms with Crippen LogP contribution in [0.15, 0.2) is 47.3 Å². The first-order chi connectivity index (χ1) is 14.3. The van der Waals surface area contributed by atoms with Crippen LogP contribution in [0.2, 0.25) is 0 Å². The first kappa shape index (κ1) is 21.0. The first-order valence-corrected chi connectivity index (χ1v) is 8.87. The van der Waals surface area contributed by atoms with Gasteiger partial charge < -0.3 is 10.5 Å². The van der Waals surface area contributed by atoms with Crippen molar-refractivity contribution >= 4 is 11.8 Å². The van der Waals surface area contributed by atoms with E-state index in [9.17, 15) is 18.0 Å². The van der Waals surface area contributed by atoms with Crippen LogP contribution in [0, 0.1) is 17.1 Å². The van der Waals surface area contributed by atoms with E-state index in [4.69, 9.17) is 15.7 Å². The van der Waals surface area contributed by atoms with Crippen LogP contribution >= 0.6 is 0 Å². The van der Waals surface area contributed by atoms with Crippen molar-refractivity contribution in [1.29, 1.82) is 5.26 Å². The van der Waals surface area contributed by atoms with Gasteiger partial charge in [0.05, 0.1) is 5.56 Å². The highest BCUT2D eigenvalue weighted by Gasteiger charge is 2.36. The molecule has 0 radical (unpaired) electrons. The number of hydrogen-bond acceptors (Lipinski definition) is 6. The summed E-state index contributed by atoms with van der Waals surface area (Å²) in [5.74, 6) is -0.997. The van der Waals surface area contributed by atoms with Crippen molar-refractivity contribution in [1.82, 2.24) is 4.98 Å². The van der Waals surface area contributed by atoms with Crippen molar-refractivity contribution in [3.8, 4) is 6.07 Å². The Bertz CT molecular complexity index is 1090. The molecule has 2 N–H and O–H groups in total. The van der Waals surface area contributed by atoms with Gasteiger partial charge in [-0.25, -0.2) is 18.2 Å². The number of alkyl halides is 2. The fourth-order valence-corrected chi connectivity index (χ4v) is 3.27. The number of pyridine rings is 1. The average Bonchev–Trinajstić information content (AvgIpc) is 2.73. The number of rotatable bonds is 6. The van der Waals surface area contributed by atoms with Crippen molar-refractivity contribution in [2.45, 2.75) is 25.6 Å². The van der Waals surface area contributed by atoms with E-state index in [1.807, 2.05) is 6.07 Å². The molecule has 0 saturated carbocycles. The van der Waals surface area contributed by atoms with Gasteiger partial charge >= 0.3 is 0 Å². The van der Waals surface area contributed by atoms with Gasteiger partial charge in [0, 0.05) is 23.7 Å². The average molecular weight is 414 g/mol. The number of hydrogen-bond donors (Lipinski definition) is 1. The molecule has 1 atom stereocenters. The summed E-state index contributed by atoms with van der Waals surface area (Å²) in [6.07, 6.45) is 2.25. The Morgan fingerprint density at radius 3 is 2.73 bits per heavy atom. The number of carbonyl (C=O) groups excluding carboxylic acids is 1. The SMILES string of the molecule is CC1=C[C@@](CF)(c2cc(CC(=O)c3ncc(C#N)cc3CF)ccc2F)N=C(N)O1. The van der Waals surface area contributed by atoms with E-state index in [1.54, 1.807) is 0 Å². The Balaban J connectivity index is 1.98. The Morgan fingerprint density at radius 1 is 1.33 bits per heavy atom. The van der Waals surface area contributed by atoms with Gasteiger partial charge in [0.15, 0.2) is 5.78 Å². The molecule has 0 unspecified atom stereocenters. The predicted octanol–water partition coefficient (Wildman–Crippen LogP) is 3.40. The van der Waals surface area contributed by atoms with Crippen LogP contribution in [0.3, 0.4) is 0 Å². The maximum Gasteiger partial charge on any atom is 0.288 e. The van der Waals surface area contributed by atoms with E-state index < -0.39 is 30.5 Å². The quantitative estimate of drug-likeness (QED) is 0.730. The number of benzene rings is 1. The molecule has 2 aromatic rings. The lowest BCUT2D eigenvalue weighted by molar-refractivity contribution is 0.0986. The molecule has 1 aliphatic heterocycles. The second kappa shape index (κ2) is 8.37. The summed E-state index contributed by atoms with van der Waals surface area (Å²) in [6, 6.07) is 6.56. The Kier molecular flexibility index (Phi) is 5.87. The molecule has 0 fully saturated rings. The molecular formula is C21H17F3N4O2. The number of allylic oxidation sites excluding steroid dienone is 1. The van der Waals surface area contributed by atoms with Gasteiger partial charge in [0.25, 0.3) is 6.02 Å². The van der Waals surface area contributed by atoms with Crippen LogP contribution in [0.1, 0.15) is 39.7 Å². The van der Waals surface area contributed by atoms with Gasteiger partial charge in [0.1, 0.15) is 42.2 Å². The summed E-state index contributed by atoms with van der Waals surface area (Å²) in [5, 5.41) is 8.89. The molecule has 2 heterocycles. The highest BCUT2D eigenvalue weighted by Crippen LogP contribution is 2.35. The molecule has 0 spiro atoms. The maximum atomic E-state index is 14.6. The molecule has 0 bridgehead atoms. The van der Waals surface area contributed by atoms with Gasteiger partial charge in [0.2, 0.25) is 0 Å². The first-order valence-electron chi connectivity index (χ1n) is 8.87. The lowest BCUT2D eigenvalue weighted by Crippen LogP contribution is -2.34. The highest BCUT2D eigenvalue weighted by atomic mass is 19.1. The summed E-state index contributed by atoms with van der Waals surface area (Å²) in [6.45, 7) is -0.514. The number of carbonyl (C=O) groups is 1. The lowest BCUT2D eigenvalue weighted by Gasteiger charge is -2.29. The summed E-state index contributed by atoms with van der Waals surface area (Å²) in [4.78, 5) is 20.5. The van der Waals surface area contributed by atoms with E-state index in [1.165, 1.54) is 37.4 Å². The maximum absolute atomic E-state index is 14.6. The Labute approximate surface area is 170 Å². The van der Waals surface area contributed by atoms with Gasteiger partial charge in [-0.15, -0.1) is 0 Å². The largest absolute Gasteiger partial charge is 0.431 e. The summed E-state index contributed by atoms with van der Waals surface area (Å²) < 4.78 is 47.0. The van der Waals surface area contributed by atoms with E-state index in [0.29, 0.717) is 5.56 Å². The zero-order valence-corrected chi connectivity index (χ0v) is 16.0. The molecule has 30 heavy (non-hydrogen) atoms. The molecule has 0 amide bonds. The van der Waals surface area contributed by atoms with Crippen LogP contribution in [0.5, 0.6) is 0 Å². The molecule has 0 saturated heterocycles. The van der Waals surface area contributed by atoms with Gasteiger partial charge in [-0.2, -0.15) is 5.26 Å². The van der Waals surface area contributed by atoms with Crippen LogP contribution in [0.25, 0.3) is 0 Å². The zero-order valence-electron chi connectivity index (χ0n) is 16.0. The number of aromatic nitrogens is 1. The van der Waals surface area contributed by atoms with Gasteiger partial charge in [-0.05, 0) is 36.8 Å². The van der Waals surface area contributed by atoms with Crippen molar-refractivity contribution in [3.05, 3.63) is 76.1 Å². The molecule has 154 valence electrons. The number of amidine groups is 1. The number of Topliss-reactive ketones (excluding diaryl/α,β-unsaturated/α-hetero) is 1. The number of ether oxygens (including phenoxy) is 1. The van der Waals surface area contributed by atoms with Crippen LogP contribution in [-0.2, 0) is 23.4 Å². The smallest absolute Gasteiger partial charge is 0.288 e. The number of halogens is 3. The van der Waals surface area contributed by atoms with Gasteiger partial charge in [-0.3, -0.25) is 9.78 Å². The number of nitriles is 1. The molecule has 1 aliphatic rings. The Hall–Kier alpha value is -3.67. The number of ketones is 1. The van der Waals surface area contributed by atoms with Gasteiger partial charge in [-0.1, -0.05) is 6.07 Å². The minimum Gasteiger partial charge on any atom is -0.431 e. The second-order valence-corrected chi connectivity index (χ2v) is 6.76. The van der Waals surface area contributed by atoms with E-state index >= 15 is 0 Å². The van der Waals surface area contributed by atoms with Crippen molar-refractivity contribution < 1.29 is 22.7 Å². The van der Waals surface area contributed by atoms with Crippen molar-refractivity contribution in [2.75, 3.05) is 6.67 Å². The molecule has 6 nitrogen and oxygen atoms in total. The second-order valence-electron chi connectivity index (χ2n) is 6.76. The minimum atomic E-state index is -1.72. The lowest BCUT2D eigenvalue weighted by atomic mass is 9.88. The standard InChI is InChI=1S/C21H17F3N4O2/c1-12-7-21(11-23,28-20(26)30-12)16-5-13(2-3-17(16)24)6-18(29)19-15(8-22)4-14(9-25)10-27-19/h2-5,7,10H,6,8,11H2,1H3,(H2,26,28)/t21-/m1/s1. The summed E-state index contributed by atoms with van der Waals surface area (Å²) >= 11 is 0. The van der Waals surface area contributed by atoms with Crippen LogP contribution < -0.4 is 5.73 Å². The third kappa shape index (κ3) is 4.03. The van der Waals surface area contributed by atoms with E-state index in [2.05, 4.69) is 9.98 Å². The predicted molar refractivity (Wildman–Crippen MR) is 102 cm³/mol. The van der Waals surface area contributed by atoms with Crippen LogP contribution in [0.4, 0.5) is 13.2 Å². The van der Waals surface area contributed by atoms with Crippen LogP contribution in [-0.4, -0.2) is 23.5 Å². The van der Waals surface area contributed by atoms with E-state index in [-0.39, 0.29) is 40.6 Å². The highest BCUT2D eigenvalue weighted by molar-refractivity contribution is 5.97. The molecule has 1 aromatic heterocycles. The minimum absolute atomic E-state index is 0.0121. The normalized spacial score (nSPS) is 18.1. The topological polar surface area (TPSA) is 101 Å². The van der Waals surface area contributed by atoms with Crippen molar-refractivity contribution in [2.24, 2.45) is 10.7 Å². The molecule has 9 heteroatoms. The number of nitrogens with two attached hydrogens (primary N) is 1. The van der Waals surface area contributed by atoms with E-state index in [0.717, 1.165) is 6.07 Å². The fourth-order valence-electron chi connectivity index (χ4n) is 3.27. The summed E-state index contributed by atoms with van der Waals surface area (Å²) in [5.41, 5.74) is 4.12. The zero-order chi connectivity index (χ0) is 21.9. The fraction of sp³-hybridized carbons (Fsp3) is 0.238. The Morgan fingerprint density at radius 2 is 2.10 bits per heavy atom. The molecule has 3 rings (SSSR count). The third-order valence-corrected chi connectivity index (χ3v) is 4.59. The van der Waals surface area contributed by atoms with Crippen molar-refractivity contribution in [3.63, 3.8) is 0 Å². The third-order valence-electron chi connectivity index (χ3n) is 4.59. The number of nitrogens with zero attached hydrogens (tertiary/aromatic N) is 3. The number of aliphatic imine (C=N–C) groups is 1. The summed E-state index contributed by atoms with van der Waals surface area (Å²) in [7, 11) is 0. The monoisotopic (exact) mass is 414 g/mol. The molecule has 1 aromatic carbocycles.